The van der Waals surface area contributed by atoms with Gasteiger partial charge < -0.3 is 21.6 Å². The van der Waals surface area contributed by atoms with Gasteiger partial charge in [0.2, 0.25) is 5.91 Å². The molecular formula is C10H22N4O2. The SMILES string of the molecule is CC(C)(C)NC(=O)CNCCCC(N)=NO. The fraction of sp³-hybridized carbons (Fsp3) is 0.800. The zero-order valence-electron chi connectivity index (χ0n) is 10.2. The van der Waals surface area contributed by atoms with Crippen LogP contribution in [0.5, 0.6) is 0 Å². The van der Waals surface area contributed by atoms with Gasteiger partial charge in [0.1, 0.15) is 5.84 Å². The molecule has 0 aliphatic heterocycles. The molecule has 0 rings (SSSR count). The Morgan fingerprint density at radius 2 is 2.06 bits per heavy atom. The smallest absolute Gasteiger partial charge is 0.234 e. The Morgan fingerprint density at radius 1 is 1.44 bits per heavy atom. The van der Waals surface area contributed by atoms with E-state index in [9.17, 15) is 4.79 Å². The number of nitrogens with zero attached hydrogens (tertiary/aromatic N) is 1. The Bertz CT molecular complexity index is 246. The number of hydrogen-bond acceptors (Lipinski definition) is 4. The molecule has 0 radical (unpaired) electrons. The molecule has 0 saturated heterocycles. The molecule has 0 atom stereocenters. The number of amides is 1. The van der Waals surface area contributed by atoms with Crippen molar-refractivity contribution in [1.29, 1.82) is 0 Å². The Kier molecular flexibility index (Phi) is 6.48. The van der Waals surface area contributed by atoms with E-state index >= 15 is 0 Å². The van der Waals surface area contributed by atoms with Crippen molar-refractivity contribution in [3.05, 3.63) is 0 Å². The molecule has 0 aromatic carbocycles. The molecule has 6 nitrogen and oxygen atoms in total. The van der Waals surface area contributed by atoms with Crippen LogP contribution in [0.3, 0.4) is 0 Å². The lowest BCUT2D eigenvalue weighted by molar-refractivity contribution is -0.121. The van der Waals surface area contributed by atoms with E-state index in [4.69, 9.17) is 10.9 Å². The van der Waals surface area contributed by atoms with Gasteiger partial charge in [-0.15, -0.1) is 0 Å². The van der Waals surface area contributed by atoms with Gasteiger partial charge in [0, 0.05) is 12.0 Å². The highest BCUT2D eigenvalue weighted by molar-refractivity contribution is 5.79. The monoisotopic (exact) mass is 230 g/mol. The summed E-state index contributed by atoms with van der Waals surface area (Å²) in [6.45, 7) is 6.75. The number of rotatable bonds is 6. The van der Waals surface area contributed by atoms with Crippen LogP contribution in [0.1, 0.15) is 33.6 Å². The lowest BCUT2D eigenvalue weighted by atomic mass is 10.1. The van der Waals surface area contributed by atoms with Gasteiger partial charge >= 0.3 is 0 Å². The third-order valence-electron chi connectivity index (χ3n) is 1.71. The third-order valence-corrected chi connectivity index (χ3v) is 1.71. The molecule has 0 unspecified atom stereocenters. The summed E-state index contributed by atoms with van der Waals surface area (Å²) in [4.78, 5) is 11.3. The van der Waals surface area contributed by atoms with Crippen molar-refractivity contribution >= 4 is 11.7 Å². The quantitative estimate of drug-likeness (QED) is 0.170. The number of amidine groups is 1. The fourth-order valence-corrected chi connectivity index (χ4v) is 1.11. The van der Waals surface area contributed by atoms with Crippen molar-refractivity contribution in [3.8, 4) is 0 Å². The van der Waals surface area contributed by atoms with Crippen molar-refractivity contribution in [1.82, 2.24) is 10.6 Å². The van der Waals surface area contributed by atoms with Crippen LogP contribution in [0.15, 0.2) is 5.16 Å². The number of carbonyl (C=O) groups is 1. The van der Waals surface area contributed by atoms with Gasteiger partial charge in [-0.25, -0.2) is 0 Å². The van der Waals surface area contributed by atoms with E-state index in [0.717, 1.165) is 6.42 Å². The first-order valence-corrected chi connectivity index (χ1v) is 5.33. The minimum Gasteiger partial charge on any atom is -0.409 e. The molecule has 0 heterocycles. The Labute approximate surface area is 96.3 Å². The number of hydrogen-bond donors (Lipinski definition) is 4. The molecule has 0 aromatic heterocycles. The maximum absolute atomic E-state index is 11.3. The highest BCUT2D eigenvalue weighted by Crippen LogP contribution is 1.97. The lowest BCUT2D eigenvalue weighted by Crippen LogP contribution is -2.45. The molecule has 0 aliphatic rings. The molecule has 16 heavy (non-hydrogen) atoms. The third kappa shape index (κ3) is 9.26. The molecule has 0 bridgehead atoms. The van der Waals surface area contributed by atoms with Crippen LogP contribution in [0.4, 0.5) is 0 Å². The van der Waals surface area contributed by atoms with Gasteiger partial charge in [-0.3, -0.25) is 4.79 Å². The van der Waals surface area contributed by atoms with Gasteiger partial charge in [-0.1, -0.05) is 5.16 Å². The summed E-state index contributed by atoms with van der Waals surface area (Å²) < 4.78 is 0. The zero-order valence-corrected chi connectivity index (χ0v) is 10.2. The van der Waals surface area contributed by atoms with E-state index in [0.29, 0.717) is 13.0 Å². The molecule has 6 heteroatoms. The predicted octanol–water partition coefficient (Wildman–Crippen LogP) is 0.0173. The van der Waals surface area contributed by atoms with E-state index in [1.807, 2.05) is 20.8 Å². The number of carbonyl (C=O) groups excluding carboxylic acids is 1. The molecule has 0 saturated carbocycles. The Hall–Kier alpha value is -1.30. The van der Waals surface area contributed by atoms with Crippen LogP contribution in [0.2, 0.25) is 0 Å². The van der Waals surface area contributed by atoms with Crippen molar-refractivity contribution in [2.75, 3.05) is 13.1 Å². The number of oxime groups is 1. The largest absolute Gasteiger partial charge is 0.409 e. The summed E-state index contributed by atoms with van der Waals surface area (Å²) in [5, 5.41) is 17.0. The molecule has 5 N–H and O–H groups in total. The number of nitrogens with one attached hydrogen (secondary N) is 2. The summed E-state index contributed by atoms with van der Waals surface area (Å²) in [5.41, 5.74) is 5.09. The summed E-state index contributed by atoms with van der Waals surface area (Å²) in [6.07, 6.45) is 1.25. The molecule has 0 aromatic rings. The topological polar surface area (TPSA) is 99.7 Å². The Morgan fingerprint density at radius 3 is 2.56 bits per heavy atom. The maximum Gasteiger partial charge on any atom is 0.234 e. The van der Waals surface area contributed by atoms with Crippen LogP contribution < -0.4 is 16.4 Å². The van der Waals surface area contributed by atoms with Gasteiger partial charge in [0.15, 0.2) is 0 Å². The predicted molar refractivity (Wildman–Crippen MR) is 63.4 cm³/mol. The van der Waals surface area contributed by atoms with Crippen LogP contribution in [-0.4, -0.2) is 35.6 Å². The van der Waals surface area contributed by atoms with Gasteiger partial charge in [0.05, 0.1) is 6.54 Å². The molecular weight excluding hydrogens is 208 g/mol. The van der Waals surface area contributed by atoms with Crippen LogP contribution in [0.25, 0.3) is 0 Å². The van der Waals surface area contributed by atoms with Gasteiger partial charge in [0.25, 0.3) is 0 Å². The lowest BCUT2D eigenvalue weighted by Gasteiger charge is -2.20. The fourth-order valence-electron chi connectivity index (χ4n) is 1.11. The zero-order chi connectivity index (χ0) is 12.6. The van der Waals surface area contributed by atoms with Gasteiger partial charge in [-0.05, 0) is 33.7 Å². The minimum atomic E-state index is -0.202. The first kappa shape index (κ1) is 14.7. The first-order chi connectivity index (χ1) is 7.35. The second-order valence-corrected chi connectivity index (χ2v) is 4.67. The normalized spacial score (nSPS) is 12.6. The van der Waals surface area contributed by atoms with Crippen molar-refractivity contribution < 1.29 is 10.0 Å². The highest BCUT2D eigenvalue weighted by atomic mass is 16.4. The summed E-state index contributed by atoms with van der Waals surface area (Å²) >= 11 is 0. The standard InChI is InChI=1S/C10H22N4O2/c1-10(2,3)13-9(15)7-12-6-4-5-8(11)14-16/h12,16H,4-7H2,1-3H3,(H2,11,14)(H,13,15). The van der Waals surface area contributed by atoms with Crippen LogP contribution in [-0.2, 0) is 4.79 Å². The van der Waals surface area contributed by atoms with Gasteiger partial charge in [-0.2, -0.15) is 0 Å². The minimum absolute atomic E-state index is 0.0312. The van der Waals surface area contributed by atoms with Crippen molar-refractivity contribution in [2.45, 2.75) is 39.2 Å². The van der Waals surface area contributed by atoms with E-state index in [1.165, 1.54) is 0 Å². The second kappa shape index (κ2) is 7.05. The second-order valence-electron chi connectivity index (χ2n) is 4.67. The van der Waals surface area contributed by atoms with Crippen LogP contribution in [0, 0.1) is 0 Å². The van der Waals surface area contributed by atoms with E-state index < -0.39 is 0 Å². The molecule has 1 amide bonds. The highest BCUT2D eigenvalue weighted by Gasteiger charge is 2.12. The van der Waals surface area contributed by atoms with Crippen molar-refractivity contribution in [2.24, 2.45) is 10.9 Å². The maximum atomic E-state index is 11.3. The number of nitrogens with two attached hydrogens (primary N) is 1. The van der Waals surface area contributed by atoms with E-state index in [-0.39, 0.29) is 23.8 Å². The van der Waals surface area contributed by atoms with Crippen molar-refractivity contribution in [3.63, 3.8) is 0 Å². The molecule has 0 spiro atoms. The summed E-state index contributed by atoms with van der Waals surface area (Å²) in [7, 11) is 0. The summed E-state index contributed by atoms with van der Waals surface area (Å²) in [5.74, 6) is 0.178. The van der Waals surface area contributed by atoms with E-state index in [2.05, 4.69) is 15.8 Å². The summed E-state index contributed by atoms with van der Waals surface area (Å²) in [6, 6.07) is 0. The average Bonchev–Trinajstić information content (AvgIpc) is 2.14. The molecule has 0 fully saturated rings. The first-order valence-electron chi connectivity index (χ1n) is 5.33. The Balaban J connectivity index is 3.49. The average molecular weight is 230 g/mol. The molecule has 0 aliphatic carbocycles. The van der Waals surface area contributed by atoms with E-state index in [1.54, 1.807) is 0 Å². The van der Waals surface area contributed by atoms with Crippen LogP contribution >= 0.6 is 0 Å². The molecule has 94 valence electrons.